The van der Waals surface area contributed by atoms with Gasteiger partial charge in [0.1, 0.15) is 4.21 Å². The van der Waals surface area contributed by atoms with E-state index in [1.165, 1.54) is 6.07 Å². The Labute approximate surface area is 122 Å². The summed E-state index contributed by atoms with van der Waals surface area (Å²) >= 11 is 1.13. The quantitative estimate of drug-likeness (QED) is 0.755. The number of carboxylic acids is 1. The number of sulfonamides is 1. The number of nitrogens with one attached hydrogen (secondary N) is 1. The molecule has 0 saturated heterocycles. The number of carbonyl (C=O) groups is 1. The van der Waals surface area contributed by atoms with Gasteiger partial charge in [0, 0.05) is 4.88 Å². The molecule has 3 N–H and O–H groups in total. The van der Waals surface area contributed by atoms with Crippen molar-refractivity contribution < 1.29 is 23.4 Å². The van der Waals surface area contributed by atoms with Crippen molar-refractivity contribution >= 4 is 27.3 Å². The highest BCUT2D eigenvalue weighted by Gasteiger charge is 2.32. The van der Waals surface area contributed by atoms with Crippen LogP contribution in [0.2, 0.25) is 0 Å². The van der Waals surface area contributed by atoms with Crippen LogP contribution in [0.3, 0.4) is 0 Å². The zero-order chi connectivity index (χ0) is 15.8. The van der Waals surface area contributed by atoms with Crippen molar-refractivity contribution in [2.75, 3.05) is 6.54 Å². The van der Waals surface area contributed by atoms with Crippen LogP contribution < -0.4 is 4.72 Å². The molecule has 0 aromatic carbocycles. The molecule has 114 valence electrons. The third-order valence-corrected chi connectivity index (χ3v) is 6.06. The zero-order valence-corrected chi connectivity index (χ0v) is 13.4. The molecule has 1 rings (SSSR count). The van der Waals surface area contributed by atoms with Crippen molar-refractivity contribution in [1.29, 1.82) is 0 Å². The highest BCUT2D eigenvalue weighted by atomic mass is 32.2. The van der Waals surface area contributed by atoms with Crippen LogP contribution in [-0.4, -0.2) is 36.7 Å². The molecule has 1 aromatic heterocycles. The van der Waals surface area contributed by atoms with E-state index in [9.17, 15) is 18.3 Å². The van der Waals surface area contributed by atoms with E-state index in [0.29, 0.717) is 0 Å². The van der Waals surface area contributed by atoms with Gasteiger partial charge in [0.25, 0.3) is 0 Å². The maximum atomic E-state index is 12.0. The summed E-state index contributed by atoms with van der Waals surface area (Å²) in [5, 5.41) is 18.3. The minimum Gasteiger partial charge on any atom is -0.479 e. The van der Waals surface area contributed by atoms with Gasteiger partial charge in [0.05, 0.1) is 6.54 Å². The Morgan fingerprint density at radius 1 is 1.30 bits per heavy atom. The van der Waals surface area contributed by atoms with Crippen molar-refractivity contribution in [1.82, 2.24) is 4.72 Å². The predicted octanol–water partition coefficient (Wildman–Crippen LogP) is 1.16. The third kappa shape index (κ3) is 4.02. The summed E-state index contributed by atoms with van der Waals surface area (Å²) in [6, 6.07) is 3.21. The average Bonchev–Trinajstić information content (AvgIpc) is 2.76. The molecule has 0 bridgehead atoms. The Hall–Kier alpha value is -0.960. The Morgan fingerprint density at radius 3 is 2.25 bits per heavy atom. The third-order valence-electron chi connectivity index (χ3n) is 2.65. The SMILES string of the molecule is CC(O)(CNS(=O)(=O)c1ccc(C(C)(C)C)s1)C(=O)O. The minimum atomic E-state index is -3.82. The summed E-state index contributed by atoms with van der Waals surface area (Å²) in [4.78, 5) is 11.6. The van der Waals surface area contributed by atoms with Crippen LogP contribution >= 0.6 is 11.3 Å². The van der Waals surface area contributed by atoms with Gasteiger partial charge in [-0.2, -0.15) is 0 Å². The van der Waals surface area contributed by atoms with Crippen molar-refractivity contribution in [2.24, 2.45) is 0 Å². The maximum absolute atomic E-state index is 12.0. The van der Waals surface area contributed by atoms with Crippen molar-refractivity contribution in [3.63, 3.8) is 0 Å². The molecule has 1 heterocycles. The van der Waals surface area contributed by atoms with E-state index in [1.807, 2.05) is 20.8 Å². The van der Waals surface area contributed by atoms with Crippen molar-refractivity contribution in [2.45, 2.75) is 42.9 Å². The Bertz CT molecular complexity index is 596. The van der Waals surface area contributed by atoms with Gasteiger partial charge in [0.15, 0.2) is 5.60 Å². The molecule has 0 fully saturated rings. The Kier molecular flexibility index (Phi) is 4.65. The first-order valence-electron chi connectivity index (χ1n) is 5.92. The average molecular weight is 321 g/mol. The first kappa shape index (κ1) is 17.1. The lowest BCUT2D eigenvalue weighted by atomic mass is 9.95. The number of aliphatic hydroxyl groups is 1. The van der Waals surface area contributed by atoms with Crippen molar-refractivity contribution in [3.8, 4) is 0 Å². The summed E-state index contributed by atoms with van der Waals surface area (Å²) in [5.41, 5.74) is -2.30. The second-order valence-corrected chi connectivity index (χ2v) is 8.85. The standard InChI is InChI=1S/C12H19NO5S2/c1-11(2,3)8-5-6-9(19-8)20(17,18)13-7-12(4,16)10(14)15/h5-6,13,16H,7H2,1-4H3,(H,14,15). The normalized spacial score (nSPS) is 15.8. The number of carboxylic acid groups (broad SMARTS) is 1. The lowest BCUT2D eigenvalue weighted by molar-refractivity contribution is -0.155. The molecule has 0 aliphatic rings. The number of rotatable bonds is 5. The molecular formula is C12H19NO5S2. The van der Waals surface area contributed by atoms with Crippen LogP contribution in [0.4, 0.5) is 0 Å². The molecule has 6 nitrogen and oxygen atoms in total. The predicted molar refractivity (Wildman–Crippen MR) is 76.5 cm³/mol. The van der Waals surface area contributed by atoms with Crippen LogP contribution in [-0.2, 0) is 20.2 Å². The van der Waals surface area contributed by atoms with E-state index in [0.717, 1.165) is 23.1 Å². The summed E-state index contributed by atoms with van der Waals surface area (Å²) < 4.78 is 26.3. The minimum absolute atomic E-state index is 0.101. The molecule has 1 unspecified atom stereocenters. The van der Waals surface area contributed by atoms with Gasteiger partial charge in [-0.15, -0.1) is 11.3 Å². The summed E-state index contributed by atoms with van der Waals surface area (Å²) in [7, 11) is -3.82. The van der Waals surface area contributed by atoms with E-state index in [-0.39, 0.29) is 9.62 Å². The molecule has 0 aliphatic carbocycles. The van der Waals surface area contributed by atoms with Crippen LogP contribution in [0, 0.1) is 0 Å². The topological polar surface area (TPSA) is 104 Å². The largest absolute Gasteiger partial charge is 0.479 e. The Balaban J connectivity index is 2.90. The smallest absolute Gasteiger partial charge is 0.336 e. The fourth-order valence-electron chi connectivity index (χ4n) is 1.25. The summed E-state index contributed by atoms with van der Waals surface area (Å²) in [5.74, 6) is -1.48. The second kappa shape index (κ2) is 5.44. The lowest BCUT2D eigenvalue weighted by Gasteiger charge is -2.18. The van der Waals surface area contributed by atoms with Crippen LogP contribution in [0.1, 0.15) is 32.6 Å². The molecule has 20 heavy (non-hydrogen) atoms. The van der Waals surface area contributed by atoms with Gasteiger partial charge in [-0.25, -0.2) is 17.9 Å². The molecule has 0 spiro atoms. The second-order valence-electron chi connectivity index (χ2n) is 5.77. The van der Waals surface area contributed by atoms with E-state index < -0.39 is 28.1 Å². The number of aliphatic carboxylic acids is 1. The molecule has 8 heteroatoms. The highest BCUT2D eigenvalue weighted by molar-refractivity contribution is 7.91. The first-order chi connectivity index (χ1) is 8.86. The summed E-state index contributed by atoms with van der Waals surface area (Å²) in [6.07, 6.45) is 0. The van der Waals surface area contributed by atoms with Crippen LogP contribution in [0.5, 0.6) is 0 Å². The zero-order valence-electron chi connectivity index (χ0n) is 11.8. The molecule has 1 aromatic rings. The van der Waals surface area contributed by atoms with Crippen molar-refractivity contribution in [3.05, 3.63) is 17.0 Å². The molecule has 0 aliphatic heterocycles. The maximum Gasteiger partial charge on any atom is 0.336 e. The number of hydrogen-bond acceptors (Lipinski definition) is 5. The molecular weight excluding hydrogens is 302 g/mol. The van der Waals surface area contributed by atoms with Crippen LogP contribution in [0.15, 0.2) is 16.3 Å². The van der Waals surface area contributed by atoms with Gasteiger partial charge in [-0.05, 0) is 24.5 Å². The van der Waals surface area contributed by atoms with E-state index >= 15 is 0 Å². The monoisotopic (exact) mass is 321 g/mol. The van der Waals surface area contributed by atoms with Gasteiger partial charge in [0.2, 0.25) is 10.0 Å². The Morgan fingerprint density at radius 2 is 1.85 bits per heavy atom. The van der Waals surface area contributed by atoms with E-state index in [1.54, 1.807) is 6.07 Å². The van der Waals surface area contributed by atoms with Gasteiger partial charge < -0.3 is 10.2 Å². The fourth-order valence-corrected chi connectivity index (χ4v) is 3.79. The fraction of sp³-hybridized carbons (Fsp3) is 0.583. The van der Waals surface area contributed by atoms with Crippen LogP contribution in [0.25, 0.3) is 0 Å². The van der Waals surface area contributed by atoms with Gasteiger partial charge in [-0.3, -0.25) is 0 Å². The van der Waals surface area contributed by atoms with Gasteiger partial charge >= 0.3 is 5.97 Å². The molecule has 0 radical (unpaired) electrons. The lowest BCUT2D eigenvalue weighted by Crippen LogP contribution is -2.46. The van der Waals surface area contributed by atoms with E-state index in [4.69, 9.17) is 5.11 Å². The number of thiophene rings is 1. The number of hydrogen-bond donors (Lipinski definition) is 3. The van der Waals surface area contributed by atoms with E-state index in [2.05, 4.69) is 4.72 Å². The molecule has 0 saturated carbocycles. The first-order valence-corrected chi connectivity index (χ1v) is 8.22. The molecule has 0 amide bonds. The highest BCUT2D eigenvalue weighted by Crippen LogP contribution is 2.31. The summed E-state index contributed by atoms with van der Waals surface area (Å²) in [6.45, 7) is 6.36. The van der Waals surface area contributed by atoms with Gasteiger partial charge in [-0.1, -0.05) is 20.8 Å². The molecule has 1 atom stereocenters.